The van der Waals surface area contributed by atoms with Crippen molar-refractivity contribution in [1.29, 1.82) is 0 Å². The highest BCUT2D eigenvalue weighted by molar-refractivity contribution is 6.26. The van der Waals surface area contributed by atoms with Crippen LogP contribution in [0.3, 0.4) is 0 Å². The van der Waals surface area contributed by atoms with Crippen molar-refractivity contribution >= 4 is 29.2 Å². The van der Waals surface area contributed by atoms with E-state index in [1.54, 1.807) is 0 Å². The summed E-state index contributed by atoms with van der Waals surface area (Å²) in [5.74, 6) is -0.0972. The number of carbonyl (C=O) groups is 1. The summed E-state index contributed by atoms with van der Waals surface area (Å²) in [7, 11) is 0. The van der Waals surface area contributed by atoms with Crippen molar-refractivity contribution in [2.24, 2.45) is 0 Å². The van der Waals surface area contributed by atoms with Crippen molar-refractivity contribution in [3.05, 3.63) is 0 Å². The Bertz CT molecular complexity index is 108. The van der Waals surface area contributed by atoms with Gasteiger partial charge in [0.05, 0.1) is 13.2 Å². The van der Waals surface area contributed by atoms with Crippen molar-refractivity contribution in [3.8, 4) is 0 Å². The van der Waals surface area contributed by atoms with Gasteiger partial charge in [0.15, 0.2) is 0 Å². The van der Waals surface area contributed by atoms with Gasteiger partial charge in [0, 0.05) is 5.88 Å². The fourth-order valence-corrected chi connectivity index (χ4v) is 0.596. The van der Waals surface area contributed by atoms with E-state index in [1.807, 2.05) is 0 Å². The first-order valence-electron chi connectivity index (χ1n) is 3.16. The predicted molar refractivity (Wildman–Crippen MR) is 43.2 cm³/mol. The molecule has 0 atom stereocenters. The Labute approximate surface area is 75.6 Å². The topological polar surface area (TPSA) is 35.5 Å². The zero-order valence-electron chi connectivity index (χ0n) is 6.02. The predicted octanol–water partition coefficient (Wildman–Crippen LogP) is 1.02. The van der Waals surface area contributed by atoms with Gasteiger partial charge < -0.3 is 9.47 Å². The van der Waals surface area contributed by atoms with Gasteiger partial charge in [-0.3, -0.25) is 4.79 Å². The van der Waals surface area contributed by atoms with E-state index < -0.39 is 5.97 Å². The molecular formula is C6H10Cl2O3. The van der Waals surface area contributed by atoms with Gasteiger partial charge in [-0.25, -0.2) is 0 Å². The summed E-state index contributed by atoms with van der Waals surface area (Å²) in [5, 5.41) is 0. The molecular weight excluding hydrogens is 191 g/mol. The molecule has 0 amide bonds. The molecule has 0 aromatic rings. The Balaban J connectivity index is 2.95. The summed E-state index contributed by atoms with van der Waals surface area (Å²) in [6.07, 6.45) is 0. The molecule has 0 aliphatic rings. The molecule has 0 aliphatic heterocycles. The molecule has 3 nitrogen and oxygen atoms in total. The SMILES string of the molecule is O=C(CCl)OCCOCCCl. The summed E-state index contributed by atoms with van der Waals surface area (Å²) in [6.45, 7) is 1.08. The number of esters is 1. The third-order valence-electron chi connectivity index (χ3n) is 0.821. The van der Waals surface area contributed by atoms with Crippen LogP contribution in [0.1, 0.15) is 0 Å². The van der Waals surface area contributed by atoms with E-state index in [1.165, 1.54) is 0 Å². The number of halogens is 2. The van der Waals surface area contributed by atoms with Crippen molar-refractivity contribution in [2.75, 3.05) is 31.6 Å². The summed E-state index contributed by atoms with van der Waals surface area (Å²) in [5.41, 5.74) is 0. The standard InChI is InChI=1S/C6H10Cl2O3/c7-1-2-10-3-4-11-6(9)5-8/h1-5H2. The van der Waals surface area contributed by atoms with Crippen LogP contribution in [0.2, 0.25) is 0 Å². The van der Waals surface area contributed by atoms with Crippen molar-refractivity contribution in [3.63, 3.8) is 0 Å². The van der Waals surface area contributed by atoms with Crippen LogP contribution in [0.25, 0.3) is 0 Å². The summed E-state index contributed by atoms with van der Waals surface area (Å²) >= 11 is 10.5. The fraction of sp³-hybridized carbons (Fsp3) is 0.833. The molecule has 0 unspecified atom stereocenters. The van der Waals surface area contributed by atoms with Gasteiger partial charge >= 0.3 is 5.97 Å². The second-order valence-corrected chi connectivity index (χ2v) is 2.30. The molecule has 0 saturated carbocycles. The maximum Gasteiger partial charge on any atom is 0.320 e. The minimum atomic E-state index is -0.429. The zero-order chi connectivity index (χ0) is 8.53. The summed E-state index contributed by atoms with van der Waals surface area (Å²) in [6, 6.07) is 0. The third kappa shape index (κ3) is 7.91. The summed E-state index contributed by atoms with van der Waals surface area (Å²) < 4.78 is 9.52. The molecule has 0 rings (SSSR count). The number of alkyl halides is 2. The zero-order valence-corrected chi connectivity index (χ0v) is 7.53. The minimum Gasteiger partial charge on any atom is -0.462 e. The first-order chi connectivity index (χ1) is 5.31. The fourth-order valence-electron chi connectivity index (χ4n) is 0.410. The lowest BCUT2D eigenvalue weighted by atomic mass is 10.7. The van der Waals surface area contributed by atoms with Gasteiger partial charge in [0.2, 0.25) is 0 Å². The number of ether oxygens (including phenoxy) is 2. The third-order valence-corrected chi connectivity index (χ3v) is 1.19. The van der Waals surface area contributed by atoms with Crippen LogP contribution >= 0.6 is 23.2 Å². The molecule has 0 fully saturated rings. The Hall–Kier alpha value is 0.01000. The Morgan fingerprint density at radius 2 is 1.91 bits per heavy atom. The molecule has 0 bridgehead atoms. The van der Waals surface area contributed by atoms with Crippen molar-refractivity contribution < 1.29 is 14.3 Å². The number of rotatable bonds is 6. The first kappa shape index (κ1) is 11.0. The van der Waals surface area contributed by atoms with Gasteiger partial charge in [0.25, 0.3) is 0 Å². The van der Waals surface area contributed by atoms with Crippen molar-refractivity contribution in [1.82, 2.24) is 0 Å². The lowest BCUT2D eigenvalue weighted by molar-refractivity contribution is -0.142. The van der Waals surface area contributed by atoms with Gasteiger partial charge in [-0.05, 0) is 0 Å². The molecule has 0 spiro atoms. The minimum absolute atomic E-state index is 0.116. The second-order valence-electron chi connectivity index (χ2n) is 1.66. The van der Waals surface area contributed by atoms with Crippen LogP contribution in [0.15, 0.2) is 0 Å². The van der Waals surface area contributed by atoms with Crippen LogP contribution in [-0.2, 0) is 14.3 Å². The van der Waals surface area contributed by atoms with E-state index in [-0.39, 0.29) is 12.5 Å². The van der Waals surface area contributed by atoms with Crippen LogP contribution in [0.5, 0.6) is 0 Å². The number of hydrogen-bond acceptors (Lipinski definition) is 3. The van der Waals surface area contributed by atoms with Crippen LogP contribution in [-0.4, -0.2) is 37.5 Å². The van der Waals surface area contributed by atoms with Gasteiger partial charge in [-0.15, -0.1) is 23.2 Å². The quantitative estimate of drug-likeness (QED) is 0.365. The highest BCUT2D eigenvalue weighted by atomic mass is 35.5. The monoisotopic (exact) mass is 200 g/mol. The average molecular weight is 201 g/mol. The maximum absolute atomic E-state index is 10.4. The smallest absolute Gasteiger partial charge is 0.320 e. The van der Waals surface area contributed by atoms with E-state index in [0.29, 0.717) is 19.1 Å². The lowest BCUT2D eigenvalue weighted by Gasteiger charge is -2.02. The van der Waals surface area contributed by atoms with Crippen molar-refractivity contribution in [2.45, 2.75) is 0 Å². The summed E-state index contributed by atoms with van der Waals surface area (Å²) in [4.78, 5) is 10.4. The van der Waals surface area contributed by atoms with Gasteiger partial charge in [0.1, 0.15) is 12.5 Å². The van der Waals surface area contributed by atoms with E-state index in [2.05, 4.69) is 4.74 Å². The largest absolute Gasteiger partial charge is 0.462 e. The van der Waals surface area contributed by atoms with E-state index in [4.69, 9.17) is 27.9 Å². The number of carbonyl (C=O) groups excluding carboxylic acids is 1. The second kappa shape index (κ2) is 8.11. The molecule has 0 aromatic carbocycles. The van der Waals surface area contributed by atoms with Gasteiger partial charge in [-0.2, -0.15) is 0 Å². The molecule has 11 heavy (non-hydrogen) atoms. The van der Waals surface area contributed by atoms with E-state index in [9.17, 15) is 4.79 Å². The Morgan fingerprint density at radius 3 is 2.45 bits per heavy atom. The Morgan fingerprint density at radius 1 is 1.18 bits per heavy atom. The molecule has 66 valence electrons. The van der Waals surface area contributed by atoms with E-state index in [0.717, 1.165) is 0 Å². The van der Waals surface area contributed by atoms with Crippen LogP contribution in [0, 0.1) is 0 Å². The normalized spacial score (nSPS) is 9.64. The van der Waals surface area contributed by atoms with Crippen LogP contribution in [0.4, 0.5) is 0 Å². The highest BCUT2D eigenvalue weighted by Gasteiger charge is 1.97. The lowest BCUT2D eigenvalue weighted by Crippen LogP contribution is -2.11. The first-order valence-corrected chi connectivity index (χ1v) is 4.23. The maximum atomic E-state index is 10.4. The number of hydrogen-bond donors (Lipinski definition) is 0. The molecule has 5 heteroatoms. The molecule has 0 saturated heterocycles. The molecule has 0 aliphatic carbocycles. The molecule has 0 N–H and O–H groups in total. The van der Waals surface area contributed by atoms with Gasteiger partial charge in [-0.1, -0.05) is 0 Å². The molecule has 0 heterocycles. The molecule has 0 aromatic heterocycles. The van der Waals surface area contributed by atoms with E-state index >= 15 is 0 Å². The molecule has 0 radical (unpaired) electrons. The highest BCUT2D eigenvalue weighted by Crippen LogP contribution is 1.84. The Kier molecular flexibility index (Phi) is 8.12. The van der Waals surface area contributed by atoms with Crippen LogP contribution < -0.4 is 0 Å². The average Bonchev–Trinajstić information content (AvgIpc) is 2.04.